The molecule has 0 saturated carbocycles. The monoisotopic (exact) mass is 578 g/mol. The normalized spacial score (nSPS) is 15.3. The fourth-order valence-corrected chi connectivity index (χ4v) is 9.78. The molecule has 0 aromatic rings. The van der Waals surface area contributed by atoms with Crippen LogP contribution in [-0.4, -0.2) is 50.5 Å². The number of ether oxygens (including phenoxy) is 4. The number of hydrogen-bond acceptors (Lipinski definition) is 6. The van der Waals surface area contributed by atoms with Crippen LogP contribution in [-0.2, 0) is 18.9 Å². The predicted octanol–water partition coefficient (Wildman–Crippen LogP) is 11.0. The lowest BCUT2D eigenvalue weighted by Crippen LogP contribution is -2.44. The maximum atomic E-state index is 5.92. The maximum absolute atomic E-state index is 5.92. The fourth-order valence-electron chi connectivity index (χ4n) is 5.54. The Hall–Kier alpha value is 0.540. The highest BCUT2D eigenvalue weighted by molar-refractivity contribution is 8.77. The van der Waals surface area contributed by atoms with E-state index in [0.717, 1.165) is 25.7 Å². The van der Waals surface area contributed by atoms with Crippen molar-refractivity contribution in [2.24, 2.45) is 0 Å². The van der Waals surface area contributed by atoms with E-state index in [2.05, 4.69) is 27.7 Å². The molecule has 0 spiro atoms. The van der Waals surface area contributed by atoms with Crippen molar-refractivity contribution in [3.05, 3.63) is 0 Å². The molecule has 0 aromatic carbocycles. The van der Waals surface area contributed by atoms with Crippen LogP contribution in [0.15, 0.2) is 0 Å². The fraction of sp³-hybridized carbons (Fsp3) is 1.00. The SMILES string of the molecule is CCCCCCCCCCC(CC)(SSC(CC)(CCCCCCCCCC)C(OC)OC)C(OC)OC. The molecule has 2 unspecified atom stereocenters. The van der Waals surface area contributed by atoms with Gasteiger partial charge in [-0.25, -0.2) is 0 Å². The zero-order chi connectivity index (χ0) is 28.5. The molecule has 0 saturated heterocycles. The topological polar surface area (TPSA) is 36.9 Å². The van der Waals surface area contributed by atoms with E-state index >= 15 is 0 Å². The zero-order valence-corrected chi connectivity index (χ0v) is 28.4. The molecule has 0 amide bonds. The summed E-state index contributed by atoms with van der Waals surface area (Å²) in [6.45, 7) is 9.15. The lowest BCUT2D eigenvalue weighted by Gasteiger charge is -2.43. The van der Waals surface area contributed by atoms with Crippen molar-refractivity contribution in [3.63, 3.8) is 0 Å². The quantitative estimate of drug-likeness (QED) is 0.0499. The number of methoxy groups -OCH3 is 4. The summed E-state index contributed by atoms with van der Waals surface area (Å²) in [6.07, 6.45) is 25.1. The van der Waals surface area contributed by atoms with E-state index < -0.39 is 0 Å². The summed E-state index contributed by atoms with van der Waals surface area (Å²) < 4.78 is 23.5. The van der Waals surface area contributed by atoms with Gasteiger partial charge in [0.05, 0.1) is 9.49 Å². The predicted molar refractivity (Wildman–Crippen MR) is 171 cm³/mol. The molecule has 0 radical (unpaired) electrons. The van der Waals surface area contributed by atoms with E-state index in [-0.39, 0.29) is 22.1 Å². The highest BCUT2D eigenvalue weighted by Gasteiger charge is 2.45. The molecule has 230 valence electrons. The number of unbranched alkanes of at least 4 members (excludes halogenated alkanes) is 14. The minimum absolute atomic E-state index is 0.0951. The van der Waals surface area contributed by atoms with Gasteiger partial charge in [0.25, 0.3) is 0 Å². The van der Waals surface area contributed by atoms with Crippen molar-refractivity contribution < 1.29 is 18.9 Å². The van der Waals surface area contributed by atoms with Crippen molar-refractivity contribution in [2.75, 3.05) is 28.4 Å². The summed E-state index contributed by atoms with van der Waals surface area (Å²) in [6, 6.07) is 0. The van der Waals surface area contributed by atoms with E-state index in [4.69, 9.17) is 18.9 Å². The van der Waals surface area contributed by atoms with Crippen LogP contribution in [0.25, 0.3) is 0 Å². The maximum Gasteiger partial charge on any atom is 0.172 e. The summed E-state index contributed by atoms with van der Waals surface area (Å²) in [7, 11) is 11.1. The zero-order valence-electron chi connectivity index (χ0n) is 26.7. The van der Waals surface area contributed by atoms with Gasteiger partial charge in [-0.3, -0.25) is 0 Å². The lowest BCUT2D eigenvalue weighted by molar-refractivity contribution is -0.128. The van der Waals surface area contributed by atoms with Crippen molar-refractivity contribution in [1.29, 1.82) is 0 Å². The van der Waals surface area contributed by atoms with Crippen molar-refractivity contribution >= 4 is 21.6 Å². The molecule has 0 aliphatic rings. The Kier molecular flexibility index (Phi) is 25.6. The van der Waals surface area contributed by atoms with E-state index in [1.54, 1.807) is 28.4 Å². The van der Waals surface area contributed by atoms with E-state index in [9.17, 15) is 0 Å². The molecule has 4 nitrogen and oxygen atoms in total. The third-order valence-electron chi connectivity index (χ3n) is 8.19. The Bertz CT molecular complexity index is 458. The molecule has 0 aromatic heterocycles. The molecule has 0 bridgehead atoms. The molecule has 2 atom stereocenters. The first-order valence-electron chi connectivity index (χ1n) is 16.0. The van der Waals surface area contributed by atoms with Crippen molar-refractivity contribution in [3.8, 4) is 0 Å². The van der Waals surface area contributed by atoms with Crippen LogP contribution in [0.2, 0.25) is 0 Å². The first kappa shape index (κ1) is 38.5. The number of hydrogen-bond donors (Lipinski definition) is 0. The second-order valence-corrected chi connectivity index (χ2v) is 14.0. The first-order valence-corrected chi connectivity index (χ1v) is 18.1. The average molecular weight is 579 g/mol. The van der Waals surface area contributed by atoms with Gasteiger partial charge in [-0.05, 0) is 25.7 Å². The first-order chi connectivity index (χ1) is 18.5. The Morgan fingerprint density at radius 3 is 0.921 bits per heavy atom. The van der Waals surface area contributed by atoms with Crippen molar-refractivity contribution in [2.45, 2.75) is 178 Å². The minimum atomic E-state index is -0.226. The second-order valence-electron chi connectivity index (χ2n) is 11.1. The standard InChI is InChI=1S/C32H66O4S2/c1-9-13-15-17-19-21-23-25-27-31(11-3,29(33-5)34-6)37-38-32(12-4,30(35-7)36-8)28-26-24-22-20-18-16-14-10-2/h29-30H,9-28H2,1-8H3. The summed E-state index contributed by atoms with van der Waals surface area (Å²) in [5.74, 6) is 0. The van der Waals surface area contributed by atoms with Crippen LogP contribution in [0.3, 0.4) is 0 Å². The molecular weight excluding hydrogens is 512 g/mol. The van der Waals surface area contributed by atoms with Crippen molar-refractivity contribution in [1.82, 2.24) is 0 Å². The Balaban J connectivity index is 5.25. The Morgan fingerprint density at radius 1 is 0.421 bits per heavy atom. The smallest absolute Gasteiger partial charge is 0.172 e. The molecule has 0 aliphatic carbocycles. The largest absolute Gasteiger partial charge is 0.354 e. The van der Waals surface area contributed by atoms with Crippen LogP contribution < -0.4 is 0 Å². The highest BCUT2D eigenvalue weighted by Crippen LogP contribution is 2.54. The highest BCUT2D eigenvalue weighted by atomic mass is 33.1. The van der Waals surface area contributed by atoms with Gasteiger partial charge in [0.15, 0.2) is 12.6 Å². The summed E-state index contributed by atoms with van der Waals surface area (Å²) in [5, 5.41) is 0. The molecular formula is C32H66O4S2. The van der Waals surface area contributed by atoms with Gasteiger partial charge in [-0.1, -0.05) is 152 Å². The third-order valence-corrected chi connectivity index (χ3v) is 12.6. The van der Waals surface area contributed by atoms with Crippen LogP contribution in [0.5, 0.6) is 0 Å². The van der Waals surface area contributed by atoms with Gasteiger partial charge in [0.2, 0.25) is 0 Å². The lowest BCUT2D eigenvalue weighted by atomic mass is 9.95. The second kappa shape index (κ2) is 25.3. The van der Waals surface area contributed by atoms with Gasteiger partial charge in [0, 0.05) is 28.4 Å². The summed E-state index contributed by atoms with van der Waals surface area (Å²) in [5.41, 5.74) is 0. The molecule has 6 heteroatoms. The molecule has 0 rings (SSSR count). The Labute approximate surface area is 246 Å². The number of rotatable bonds is 29. The molecule has 38 heavy (non-hydrogen) atoms. The summed E-state index contributed by atoms with van der Waals surface area (Å²) in [4.78, 5) is 0. The third kappa shape index (κ3) is 15.0. The van der Waals surface area contributed by atoms with Crippen LogP contribution in [0.1, 0.15) is 156 Å². The van der Waals surface area contributed by atoms with Crippen LogP contribution in [0, 0.1) is 0 Å². The van der Waals surface area contributed by atoms with E-state index in [1.807, 2.05) is 21.6 Å². The van der Waals surface area contributed by atoms with Gasteiger partial charge in [-0.15, -0.1) is 0 Å². The van der Waals surface area contributed by atoms with E-state index in [1.165, 1.54) is 103 Å². The van der Waals surface area contributed by atoms with Gasteiger partial charge >= 0.3 is 0 Å². The minimum Gasteiger partial charge on any atom is -0.354 e. The summed E-state index contributed by atoms with van der Waals surface area (Å²) >= 11 is 0. The molecule has 0 aliphatic heterocycles. The van der Waals surface area contributed by atoms with Gasteiger partial charge < -0.3 is 18.9 Å². The van der Waals surface area contributed by atoms with Gasteiger partial charge in [-0.2, -0.15) is 0 Å². The Morgan fingerprint density at radius 2 is 0.684 bits per heavy atom. The molecule has 0 fully saturated rings. The van der Waals surface area contributed by atoms with Gasteiger partial charge in [0.1, 0.15) is 0 Å². The van der Waals surface area contributed by atoms with Crippen LogP contribution in [0.4, 0.5) is 0 Å². The average Bonchev–Trinajstić information content (AvgIpc) is 2.94. The van der Waals surface area contributed by atoms with E-state index in [0.29, 0.717) is 0 Å². The molecule has 0 N–H and O–H groups in total. The molecule has 0 heterocycles. The van der Waals surface area contributed by atoms with Crippen LogP contribution >= 0.6 is 21.6 Å².